The molecule has 0 saturated heterocycles. The lowest BCUT2D eigenvalue weighted by molar-refractivity contribution is -0.394. The number of rotatable bonds is 3. The topological polar surface area (TPSA) is 143 Å². The van der Waals surface area contributed by atoms with E-state index in [0.29, 0.717) is 12.1 Å². The summed E-state index contributed by atoms with van der Waals surface area (Å²) in [5, 5.41) is 20.9. The van der Waals surface area contributed by atoms with Gasteiger partial charge in [0.25, 0.3) is 11.4 Å². The Bertz CT molecular complexity index is 837. The van der Waals surface area contributed by atoms with Crippen LogP contribution in [-0.2, 0) is 10.1 Å². The van der Waals surface area contributed by atoms with Gasteiger partial charge in [0.05, 0.1) is 14.7 Å². The maximum atomic E-state index is 10.6. The summed E-state index contributed by atoms with van der Waals surface area (Å²) in [4.78, 5) is 17.6. The highest BCUT2D eigenvalue weighted by Gasteiger charge is 2.26. The average Bonchev–Trinajstić information content (AvgIpc) is 2.47. The van der Waals surface area contributed by atoms with Crippen molar-refractivity contribution in [3.8, 4) is 0 Å². The standard InChI is InChI=1S/C6H3ClN2O7S.C6H5Cl/c7-6-4(8(10)11)1-3(17(14,15)16)2-5(6)9(12)13;7-6-4-2-1-3-5-6/h1-2H,(H,14,15,16);1-5H/p-1. The lowest BCUT2D eigenvalue weighted by atomic mass is 10.3. The number of hydrogen-bond acceptors (Lipinski definition) is 7. The summed E-state index contributed by atoms with van der Waals surface area (Å²) < 4.78 is 31.9. The van der Waals surface area contributed by atoms with Crippen LogP contribution >= 0.6 is 23.2 Å². The number of nitro groups is 2. The predicted molar refractivity (Wildman–Crippen MR) is 84.2 cm³/mol. The van der Waals surface area contributed by atoms with Gasteiger partial charge >= 0.3 is 0 Å². The molecule has 9 nitrogen and oxygen atoms in total. The summed E-state index contributed by atoms with van der Waals surface area (Å²) >= 11 is 10.9. The Morgan fingerprint density at radius 1 is 0.875 bits per heavy atom. The van der Waals surface area contributed by atoms with Crippen LogP contribution in [0.2, 0.25) is 10.0 Å². The van der Waals surface area contributed by atoms with Gasteiger partial charge in [0.2, 0.25) is 0 Å². The average molecular weight is 394 g/mol. The molecule has 0 spiro atoms. The molecule has 0 aliphatic heterocycles. The maximum Gasteiger partial charge on any atom is 0.296 e. The Hall–Kier alpha value is -2.27. The quantitative estimate of drug-likeness (QED) is 0.441. The third-order valence-electron chi connectivity index (χ3n) is 2.42. The van der Waals surface area contributed by atoms with Crippen molar-refractivity contribution in [1.29, 1.82) is 0 Å². The first-order valence-corrected chi connectivity index (χ1v) is 7.99. The first-order chi connectivity index (χ1) is 11.0. The molecule has 0 N–H and O–H groups in total. The Kier molecular flexibility index (Phi) is 6.60. The smallest absolute Gasteiger partial charge is 0.296 e. The van der Waals surface area contributed by atoms with E-state index < -0.39 is 41.3 Å². The molecule has 128 valence electrons. The van der Waals surface area contributed by atoms with Crippen molar-refractivity contribution in [3.05, 3.63) is 72.7 Å². The van der Waals surface area contributed by atoms with E-state index >= 15 is 0 Å². The molecule has 0 aliphatic carbocycles. The molecule has 2 aromatic carbocycles. The van der Waals surface area contributed by atoms with Gasteiger partial charge in [-0.25, -0.2) is 8.42 Å². The van der Waals surface area contributed by atoms with Gasteiger partial charge in [-0.15, -0.1) is 0 Å². The lowest BCUT2D eigenvalue weighted by Crippen LogP contribution is -2.03. The highest BCUT2D eigenvalue weighted by Crippen LogP contribution is 2.36. The van der Waals surface area contributed by atoms with Crippen LogP contribution in [0.15, 0.2) is 47.4 Å². The first-order valence-electron chi connectivity index (χ1n) is 5.82. The molecule has 0 aromatic heterocycles. The van der Waals surface area contributed by atoms with E-state index in [0.717, 1.165) is 5.02 Å². The van der Waals surface area contributed by atoms with E-state index in [9.17, 15) is 33.2 Å². The van der Waals surface area contributed by atoms with Gasteiger partial charge in [-0.05, 0) is 12.1 Å². The van der Waals surface area contributed by atoms with Gasteiger partial charge in [0.15, 0.2) is 5.02 Å². The number of nitro benzene ring substituents is 2. The highest BCUT2D eigenvalue weighted by atomic mass is 35.5. The van der Waals surface area contributed by atoms with Crippen LogP contribution in [-0.4, -0.2) is 22.8 Å². The number of benzene rings is 2. The fourth-order valence-corrected chi connectivity index (χ4v) is 2.30. The van der Waals surface area contributed by atoms with Crippen LogP contribution in [0.3, 0.4) is 0 Å². The molecule has 24 heavy (non-hydrogen) atoms. The molecule has 0 atom stereocenters. The number of nitrogens with zero attached hydrogens (tertiary/aromatic N) is 2. The highest BCUT2D eigenvalue weighted by molar-refractivity contribution is 7.85. The molecule has 0 fully saturated rings. The van der Waals surface area contributed by atoms with Crippen LogP contribution in [0.5, 0.6) is 0 Å². The van der Waals surface area contributed by atoms with Crippen molar-refractivity contribution in [2.75, 3.05) is 0 Å². The SMILES string of the molecule is Clc1ccccc1.O=[N+]([O-])c1cc(S(=O)(=O)[O-])cc([N+](=O)[O-])c1Cl. The van der Waals surface area contributed by atoms with Gasteiger partial charge in [0.1, 0.15) is 10.1 Å². The molecule has 0 bridgehead atoms. The summed E-state index contributed by atoms with van der Waals surface area (Å²) in [7, 11) is -5.05. The maximum absolute atomic E-state index is 10.6. The summed E-state index contributed by atoms with van der Waals surface area (Å²) in [5.41, 5.74) is -2.04. The van der Waals surface area contributed by atoms with Gasteiger partial charge in [0, 0.05) is 17.2 Å². The summed E-state index contributed by atoms with van der Waals surface area (Å²) in [6, 6.07) is 10.2. The van der Waals surface area contributed by atoms with E-state index in [-0.39, 0.29) is 0 Å². The molecule has 0 unspecified atom stereocenters. The fraction of sp³-hybridized carbons (Fsp3) is 0. The number of halogens is 2. The third-order valence-corrected chi connectivity index (χ3v) is 3.88. The zero-order chi connectivity index (χ0) is 18.5. The molecular weight excluding hydrogens is 387 g/mol. The van der Waals surface area contributed by atoms with Crippen molar-refractivity contribution in [2.24, 2.45) is 0 Å². The Morgan fingerprint density at radius 2 is 1.29 bits per heavy atom. The van der Waals surface area contributed by atoms with Crippen molar-refractivity contribution in [3.63, 3.8) is 0 Å². The van der Waals surface area contributed by atoms with Crippen molar-refractivity contribution >= 4 is 44.7 Å². The second-order valence-electron chi connectivity index (χ2n) is 4.04. The van der Waals surface area contributed by atoms with Crippen LogP contribution in [0.4, 0.5) is 11.4 Å². The summed E-state index contributed by atoms with van der Waals surface area (Å²) in [6.45, 7) is 0. The van der Waals surface area contributed by atoms with E-state index in [1.54, 1.807) is 0 Å². The summed E-state index contributed by atoms with van der Waals surface area (Å²) in [5.74, 6) is 0. The second kappa shape index (κ2) is 8.02. The molecule has 0 saturated carbocycles. The van der Waals surface area contributed by atoms with Gasteiger partial charge < -0.3 is 4.55 Å². The molecule has 0 radical (unpaired) electrons. The van der Waals surface area contributed by atoms with Gasteiger partial charge in [-0.1, -0.05) is 41.4 Å². The predicted octanol–water partition coefficient (Wildman–Crippen LogP) is 3.40. The zero-order valence-corrected chi connectivity index (χ0v) is 13.8. The van der Waals surface area contributed by atoms with Gasteiger partial charge in [-0.2, -0.15) is 0 Å². The molecule has 0 aliphatic rings. The monoisotopic (exact) mass is 393 g/mol. The minimum absolute atomic E-state index is 0.373. The fourth-order valence-electron chi connectivity index (χ4n) is 1.39. The zero-order valence-electron chi connectivity index (χ0n) is 11.5. The van der Waals surface area contributed by atoms with Crippen LogP contribution in [0.1, 0.15) is 0 Å². The first kappa shape index (κ1) is 19.8. The third kappa shape index (κ3) is 5.42. The normalized spacial score (nSPS) is 10.5. The molecule has 0 heterocycles. The van der Waals surface area contributed by atoms with E-state index in [2.05, 4.69) is 0 Å². The van der Waals surface area contributed by atoms with E-state index in [1.165, 1.54) is 0 Å². The second-order valence-corrected chi connectivity index (χ2v) is 6.23. The molecule has 12 heteroatoms. The van der Waals surface area contributed by atoms with Crippen molar-refractivity contribution in [1.82, 2.24) is 0 Å². The molecule has 0 amide bonds. The van der Waals surface area contributed by atoms with E-state index in [4.69, 9.17) is 23.2 Å². The Balaban J connectivity index is 0.000000341. The molecule has 2 rings (SSSR count). The van der Waals surface area contributed by atoms with Crippen LogP contribution in [0.25, 0.3) is 0 Å². The molecule has 2 aromatic rings. The lowest BCUT2D eigenvalue weighted by Gasteiger charge is -2.07. The molecular formula is C12H7Cl2N2O7S-. The minimum Gasteiger partial charge on any atom is -0.744 e. The largest absolute Gasteiger partial charge is 0.744 e. The van der Waals surface area contributed by atoms with Crippen molar-refractivity contribution < 1.29 is 22.8 Å². The Labute approximate surface area is 145 Å². The van der Waals surface area contributed by atoms with Crippen LogP contribution in [0, 0.1) is 20.2 Å². The minimum atomic E-state index is -5.05. The number of hydrogen-bond donors (Lipinski definition) is 0. The Morgan fingerprint density at radius 3 is 1.54 bits per heavy atom. The van der Waals surface area contributed by atoms with Crippen molar-refractivity contribution in [2.45, 2.75) is 4.90 Å². The van der Waals surface area contributed by atoms with Crippen LogP contribution < -0.4 is 0 Å². The van der Waals surface area contributed by atoms with Gasteiger partial charge in [-0.3, -0.25) is 20.2 Å². The summed E-state index contributed by atoms with van der Waals surface area (Å²) in [6.07, 6.45) is 0. The van der Waals surface area contributed by atoms with E-state index in [1.807, 2.05) is 30.3 Å².